The Balaban J connectivity index is 1.80. The average Bonchev–Trinajstić information content (AvgIpc) is 2.86. The molecule has 25 heavy (non-hydrogen) atoms. The molecule has 1 aliphatic rings. The van der Waals surface area contributed by atoms with E-state index in [4.69, 9.17) is 0 Å². The van der Waals surface area contributed by atoms with Crippen LogP contribution in [-0.2, 0) is 9.63 Å². The minimum atomic E-state index is -0.254. The van der Waals surface area contributed by atoms with Crippen LogP contribution in [-0.4, -0.2) is 86.0 Å². The second-order valence-electron chi connectivity index (χ2n) is 5.79. The van der Waals surface area contributed by atoms with Crippen LogP contribution in [0.15, 0.2) is 29.4 Å². The van der Waals surface area contributed by atoms with Crippen molar-refractivity contribution in [3.05, 3.63) is 35.4 Å². The minimum absolute atomic E-state index is 0.253. The summed E-state index contributed by atoms with van der Waals surface area (Å²) in [5, 5.41) is 3.43. The number of carbonyl (C=O) groups excluding carboxylic acids is 3. The molecule has 1 aromatic rings. The fourth-order valence-corrected chi connectivity index (χ4v) is 2.45. The third kappa shape index (κ3) is 4.42. The highest BCUT2D eigenvalue weighted by Gasteiger charge is 2.34. The highest BCUT2D eigenvalue weighted by Crippen LogP contribution is 2.21. The number of nitrogens with zero attached hydrogens (tertiary/aromatic N) is 4. The molecule has 0 aromatic heterocycles. The fraction of sp³-hybridized carbons (Fsp3) is 0.412. The monoisotopic (exact) mass is 346 g/mol. The summed E-state index contributed by atoms with van der Waals surface area (Å²) in [5.41, 5.74) is 0.913. The first-order valence-corrected chi connectivity index (χ1v) is 7.91. The molecule has 0 fully saturated rings. The molecule has 0 aliphatic carbocycles. The largest absolute Gasteiger partial charge is 0.399 e. The fourth-order valence-electron chi connectivity index (χ4n) is 2.45. The van der Waals surface area contributed by atoms with Gasteiger partial charge in [0.1, 0.15) is 13.3 Å². The molecular weight excluding hydrogens is 324 g/mol. The van der Waals surface area contributed by atoms with Crippen LogP contribution in [0.3, 0.4) is 0 Å². The van der Waals surface area contributed by atoms with E-state index in [1.165, 1.54) is 16.9 Å². The highest BCUT2D eigenvalue weighted by molar-refractivity contribution is 6.25. The molecule has 0 spiro atoms. The normalized spacial score (nSPS) is 13.7. The zero-order chi connectivity index (χ0) is 18.4. The molecule has 1 aliphatic heterocycles. The summed E-state index contributed by atoms with van der Waals surface area (Å²) in [6, 6.07) is 6.83. The van der Waals surface area contributed by atoms with Crippen LogP contribution < -0.4 is 0 Å². The number of likely N-dealkylation sites (N-methyl/N-ethyl adjacent to an activating group) is 2. The maximum absolute atomic E-state index is 12.3. The van der Waals surface area contributed by atoms with E-state index < -0.39 is 0 Å². The van der Waals surface area contributed by atoms with E-state index >= 15 is 0 Å². The summed E-state index contributed by atoms with van der Waals surface area (Å²) < 4.78 is 0. The molecule has 0 atom stereocenters. The summed E-state index contributed by atoms with van der Waals surface area (Å²) in [6.07, 6.45) is 1.11. The number of benzene rings is 1. The van der Waals surface area contributed by atoms with E-state index in [2.05, 4.69) is 9.99 Å². The maximum atomic E-state index is 12.3. The summed E-state index contributed by atoms with van der Waals surface area (Å²) >= 11 is 0. The van der Waals surface area contributed by atoms with E-state index in [9.17, 15) is 14.4 Å². The summed E-state index contributed by atoms with van der Waals surface area (Å²) in [7, 11) is 4.92. The number of fused-ring (bicyclic) bond motifs is 1. The van der Waals surface area contributed by atoms with Crippen LogP contribution in [0, 0.1) is 0 Å². The van der Waals surface area contributed by atoms with E-state index in [0.717, 1.165) is 6.21 Å². The molecule has 0 bridgehead atoms. The van der Waals surface area contributed by atoms with Gasteiger partial charge in [0.2, 0.25) is 0 Å². The Bertz CT molecular complexity index is 654. The zero-order valence-electron chi connectivity index (χ0n) is 14.6. The van der Waals surface area contributed by atoms with Gasteiger partial charge in [-0.3, -0.25) is 19.3 Å². The quantitative estimate of drug-likeness (QED) is 0.384. The Kier molecular flexibility index (Phi) is 6.24. The maximum Gasteiger partial charge on any atom is 0.268 e. The van der Waals surface area contributed by atoms with Gasteiger partial charge in [-0.2, -0.15) is 0 Å². The molecule has 0 radical (unpaired) electrons. The molecule has 8 nitrogen and oxygen atoms in total. The number of amides is 3. The second kappa shape index (κ2) is 8.39. The molecule has 0 unspecified atom stereocenters. The van der Waals surface area contributed by atoms with Gasteiger partial charge in [0.05, 0.1) is 11.1 Å². The minimum Gasteiger partial charge on any atom is -0.399 e. The standard InChI is InChI=1S/C17H22N4O4/c1-19(8-10-20(2)15(22)12-18-25-3)9-11-21-16(23)13-6-4-5-7-14(13)17(21)24/h4-7,12H,8-11H2,1-3H3. The van der Waals surface area contributed by atoms with Crippen LogP contribution in [0.25, 0.3) is 0 Å². The SMILES string of the molecule is CON=CC(=O)N(C)CCN(C)CCN1C(=O)c2ccccc2C1=O. The van der Waals surface area contributed by atoms with Crippen LogP contribution in [0.4, 0.5) is 0 Å². The molecule has 0 N–H and O–H groups in total. The van der Waals surface area contributed by atoms with Crippen LogP contribution in [0.2, 0.25) is 0 Å². The van der Waals surface area contributed by atoms with Crippen molar-refractivity contribution in [1.82, 2.24) is 14.7 Å². The Morgan fingerprint density at radius 2 is 1.72 bits per heavy atom. The number of hydrogen-bond acceptors (Lipinski definition) is 6. The van der Waals surface area contributed by atoms with Gasteiger partial charge in [-0.1, -0.05) is 17.3 Å². The van der Waals surface area contributed by atoms with E-state index in [-0.39, 0.29) is 17.7 Å². The van der Waals surface area contributed by atoms with E-state index in [0.29, 0.717) is 37.3 Å². The van der Waals surface area contributed by atoms with Crippen LogP contribution >= 0.6 is 0 Å². The molecule has 0 saturated carbocycles. The lowest BCUT2D eigenvalue weighted by molar-refractivity contribution is -0.122. The molecule has 134 valence electrons. The van der Waals surface area contributed by atoms with E-state index in [1.807, 2.05) is 11.9 Å². The summed E-state index contributed by atoms with van der Waals surface area (Å²) in [6.45, 7) is 1.94. The number of carbonyl (C=O) groups is 3. The van der Waals surface area contributed by atoms with Gasteiger partial charge in [-0.15, -0.1) is 0 Å². The lowest BCUT2D eigenvalue weighted by atomic mass is 10.1. The predicted octanol–water partition coefficient (Wildman–Crippen LogP) is 0.305. The van der Waals surface area contributed by atoms with Crippen molar-refractivity contribution in [2.75, 3.05) is 47.4 Å². The summed E-state index contributed by atoms with van der Waals surface area (Å²) in [5.74, 6) is -0.759. The average molecular weight is 346 g/mol. The van der Waals surface area contributed by atoms with Crippen molar-refractivity contribution < 1.29 is 19.2 Å². The van der Waals surface area contributed by atoms with Gasteiger partial charge in [0, 0.05) is 33.2 Å². The molecule has 0 saturated heterocycles. The van der Waals surface area contributed by atoms with Crippen molar-refractivity contribution in [2.24, 2.45) is 5.16 Å². The molecule has 2 rings (SSSR count). The third-order valence-corrected chi connectivity index (χ3v) is 4.05. The Labute approximate surface area is 146 Å². The van der Waals surface area contributed by atoms with Crippen molar-refractivity contribution in [1.29, 1.82) is 0 Å². The highest BCUT2D eigenvalue weighted by atomic mass is 16.6. The lowest BCUT2D eigenvalue weighted by Crippen LogP contribution is -2.40. The Morgan fingerprint density at radius 1 is 1.12 bits per heavy atom. The molecule has 1 heterocycles. The first-order chi connectivity index (χ1) is 12.0. The smallest absolute Gasteiger partial charge is 0.268 e. The Morgan fingerprint density at radius 3 is 2.28 bits per heavy atom. The lowest BCUT2D eigenvalue weighted by Gasteiger charge is -2.23. The number of hydrogen-bond donors (Lipinski definition) is 0. The van der Waals surface area contributed by atoms with Gasteiger partial charge < -0.3 is 14.6 Å². The van der Waals surface area contributed by atoms with Crippen LogP contribution in [0.1, 0.15) is 20.7 Å². The molecule has 1 aromatic carbocycles. The van der Waals surface area contributed by atoms with Gasteiger partial charge in [0.15, 0.2) is 0 Å². The second-order valence-corrected chi connectivity index (χ2v) is 5.79. The van der Waals surface area contributed by atoms with E-state index in [1.54, 1.807) is 31.3 Å². The topological polar surface area (TPSA) is 82.5 Å². The van der Waals surface area contributed by atoms with Gasteiger partial charge in [-0.05, 0) is 19.2 Å². The van der Waals surface area contributed by atoms with Gasteiger partial charge in [-0.25, -0.2) is 0 Å². The first kappa shape index (κ1) is 18.6. The van der Waals surface area contributed by atoms with Crippen LogP contribution in [0.5, 0.6) is 0 Å². The molecule has 3 amide bonds. The van der Waals surface area contributed by atoms with Crippen molar-refractivity contribution in [2.45, 2.75) is 0 Å². The van der Waals surface area contributed by atoms with Crippen molar-refractivity contribution >= 4 is 23.9 Å². The van der Waals surface area contributed by atoms with Gasteiger partial charge in [0.25, 0.3) is 17.7 Å². The third-order valence-electron chi connectivity index (χ3n) is 4.05. The summed E-state index contributed by atoms with van der Waals surface area (Å²) in [4.78, 5) is 45.5. The van der Waals surface area contributed by atoms with Gasteiger partial charge >= 0.3 is 0 Å². The first-order valence-electron chi connectivity index (χ1n) is 7.91. The van der Waals surface area contributed by atoms with Crippen molar-refractivity contribution in [3.8, 4) is 0 Å². The number of imide groups is 1. The molecular formula is C17H22N4O4. The number of rotatable bonds is 8. The zero-order valence-corrected chi connectivity index (χ0v) is 14.6. The Hall–Kier alpha value is -2.74. The number of oxime groups is 1. The van der Waals surface area contributed by atoms with Crippen molar-refractivity contribution in [3.63, 3.8) is 0 Å². The molecule has 8 heteroatoms. The predicted molar refractivity (Wildman–Crippen MR) is 92.4 cm³/mol.